The van der Waals surface area contributed by atoms with Crippen LogP contribution < -0.4 is 5.32 Å². The number of hydrogen-bond acceptors (Lipinski definition) is 3. The molecule has 3 nitrogen and oxygen atoms in total. The lowest BCUT2D eigenvalue weighted by molar-refractivity contribution is 0.359. The van der Waals surface area contributed by atoms with Gasteiger partial charge in [-0.1, -0.05) is 42.2 Å². The van der Waals surface area contributed by atoms with Crippen molar-refractivity contribution in [3.8, 4) is 0 Å². The smallest absolute Gasteiger partial charge is 0.150 e. The Labute approximate surface area is 129 Å². The van der Waals surface area contributed by atoms with E-state index in [1.54, 1.807) is 6.07 Å². The highest BCUT2D eigenvalue weighted by Gasteiger charge is 2.11. The van der Waals surface area contributed by atoms with Crippen LogP contribution >= 0.6 is 23.2 Å². The third kappa shape index (κ3) is 3.98. The van der Waals surface area contributed by atoms with Crippen molar-refractivity contribution in [3.05, 3.63) is 51.3 Å². The second-order valence-electron chi connectivity index (χ2n) is 5.18. The van der Waals surface area contributed by atoms with Crippen LogP contribution in [-0.2, 0) is 6.54 Å². The molecule has 0 amide bonds. The van der Waals surface area contributed by atoms with Crippen LogP contribution in [0.25, 0.3) is 0 Å². The van der Waals surface area contributed by atoms with E-state index in [9.17, 15) is 0 Å². The molecule has 1 N–H and O–H groups in total. The largest absolute Gasteiger partial charge is 0.360 e. The van der Waals surface area contributed by atoms with Gasteiger partial charge in [0.2, 0.25) is 0 Å². The Morgan fingerprint density at radius 2 is 1.75 bits per heavy atom. The number of hydrogen-bond donors (Lipinski definition) is 1. The van der Waals surface area contributed by atoms with E-state index in [1.165, 1.54) is 0 Å². The van der Waals surface area contributed by atoms with E-state index in [4.69, 9.17) is 27.7 Å². The van der Waals surface area contributed by atoms with Gasteiger partial charge in [-0.2, -0.15) is 0 Å². The van der Waals surface area contributed by atoms with Gasteiger partial charge in [-0.15, -0.1) is 0 Å². The summed E-state index contributed by atoms with van der Waals surface area (Å²) in [7, 11) is 0. The highest BCUT2D eigenvalue weighted by molar-refractivity contribution is 6.34. The standard InChI is InChI=1S/C15H18Cl2N2O/c1-9(2)15-7-14(20-19-15)8-18-10(3)11-4-12(16)6-13(17)5-11/h4-7,9-10,18H,8H2,1-3H3. The SMILES string of the molecule is CC(C)c1cc(CNC(C)c2cc(Cl)cc(Cl)c2)on1. The van der Waals surface area contributed by atoms with Gasteiger partial charge in [0.25, 0.3) is 0 Å². The molecule has 0 spiro atoms. The Balaban J connectivity index is 1.98. The van der Waals surface area contributed by atoms with Gasteiger partial charge in [0.05, 0.1) is 12.2 Å². The molecule has 0 radical (unpaired) electrons. The molecule has 1 unspecified atom stereocenters. The molecule has 0 aliphatic heterocycles. The first-order valence-electron chi connectivity index (χ1n) is 6.60. The number of nitrogens with zero attached hydrogens (tertiary/aromatic N) is 1. The van der Waals surface area contributed by atoms with Crippen molar-refractivity contribution in [2.24, 2.45) is 0 Å². The van der Waals surface area contributed by atoms with Crippen LogP contribution in [0.5, 0.6) is 0 Å². The van der Waals surface area contributed by atoms with E-state index in [0.29, 0.717) is 22.5 Å². The summed E-state index contributed by atoms with van der Waals surface area (Å²) in [4.78, 5) is 0. The fourth-order valence-electron chi connectivity index (χ4n) is 1.88. The summed E-state index contributed by atoms with van der Waals surface area (Å²) in [6, 6.07) is 7.65. The first-order valence-corrected chi connectivity index (χ1v) is 7.36. The first-order chi connectivity index (χ1) is 9.45. The summed E-state index contributed by atoms with van der Waals surface area (Å²) < 4.78 is 5.30. The molecule has 2 aromatic rings. The van der Waals surface area contributed by atoms with E-state index >= 15 is 0 Å². The van der Waals surface area contributed by atoms with Crippen molar-refractivity contribution in [1.29, 1.82) is 0 Å². The molecule has 0 aliphatic rings. The Kier molecular flexibility index (Phi) is 5.08. The van der Waals surface area contributed by atoms with Crippen molar-refractivity contribution in [3.63, 3.8) is 0 Å². The molecule has 5 heteroatoms. The maximum atomic E-state index is 6.01. The zero-order chi connectivity index (χ0) is 14.7. The van der Waals surface area contributed by atoms with Gasteiger partial charge in [-0.3, -0.25) is 0 Å². The molecular weight excluding hydrogens is 295 g/mol. The minimum Gasteiger partial charge on any atom is -0.360 e. The van der Waals surface area contributed by atoms with Crippen LogP contribution in [0.15, 0.2) is 28.8 Å². The predicted octanol–water partition coefficient (Wildman–Crippen LogP) is 4.96. The predicted molar refractivity (Wildman–Crippen MR) is 82.3 cm³/mol. The van der Waals surface area contributed by atoms with Gasteiger partial charge in [0, 0.05) is 22.2 Å². The van der Waals surface area contributed by atoms with Crippen LogP contribution in [-0.4, -0.2) is 5.16 Å². The van der Waals surface area contributed by atoms with Crippen LogP contribution in [0.4, 0.5) is 0 Å². The van der Waals surface area contributed by atoms with Crippen LogP contribution in [0.3, 0.4) is 0 Å². The Morgan fingerprint density at radius 3 is 2.30 bits per heavy atom. The molecule has 2 rings (SSSR count). The lowest BCUT2D eigenvalue weighted by Crippen LogP contribution is -2.17. The van der Waals surface area contributed by atoms with Crippen molar-refractivity contribution >= 4 is 23.2 Å². The lowest BCUT2D eigenvalue weighted by Gasteiger charge is -2.13. The summed E-state index contributed by atoms with van der Waals surface area (Å²) in [5.41, 5.74) is 2.02. The first kappa shape index (κ1) is 15.4. The minimum absolute atomic E-state index is 0.124. The summed E-state index contributed by atoms with van der Waals surface area (Å²) in [5, 5.41) is 8.69. The van der Waals surface area contributed by atoms with Crippen molar-refractivity contribution in [1.82, 2.24) is 10.5 Å². The maximum absolute atomic E-state index is 6.01. The van der Waals surface area contributed by atoms with Gasteiger partial charge in [-0.25, -0.2) is 0 Å². The van der Waals surface area contributed by atoms with Gasteiger partial charge in [0.1, 0.15) is 0 Å². The number of benzene rings is 1. The maximum Gasteiger partial charge on any atom is 0.150 e. The van der Waals surface area contributed by atoms with E-state index in [0.717, 1.165) is 17.0 Å². The van der Waals surface area contributed by atoms with Crippen LogP contribution in [0, 0.1) is 0 Å². The summed E-state index contributed by atoms with van der Waals surface area (Å²) in [5.74, 6) is 1.20. The lowest BCUT2D eigenvalue weighted by atomic mass is 10.1. The Hall–Kier alpha value is -1.03. The number of aromatic nitrogens is 1. The average Bonchev–Trinajstić information content (AvgIpc) is 2.83. The normalized spacial score (nSPS) is 12.9. The van der Waals surface area contributed by atoms with Crippen molar-refractivity contribution in [2.45, 2.75) is 39.3 Å². The van der Waals surface area contributed by atoms with Crippen LogP contribution in [0.2, 0.25) is 10.0 Å². The molecule has 0 aliphatic carbocycles. The highest BCUT2D eigenvalue weighted by Crippen LogP contribution is 2.23. The van der Waals surface area contributed by atoms with Crippen LogP contribution in [0.1, 0.15) is 49.7 Å². The average molecular weight is 313 g/mol. The molecule has 1 aromatic heterocycles. The minimum atomic E-state index is 0.124. The van der Waals surface area contributed by atoms with Crippen molar-refractivity contribution in [2.75, 3.05) is 0 Å². The fourth-order valence-corrected chi connectivity index (χ4v) is 2.42. The number of nitrogens with one attached hydrogen (secondary N) is 1. The molecule has 0 bridgehead atoms. The molecule has 20 heavy (non-hydrogen) atoms. The van der Waals surface area contributed by atoms with Gasteiger partial charge >= 0.3 is 0 Å². The molecule has 1 heterocycles. The van der Waals surface area contributed by atoms with E-state index in [-0.39, 0.29) is 6.04 Å². The third-order valence-corrected chi connectivity index (χ3v) is 3.57. The fraction of sp³-hybridized carbons (Fsp3) is 0.400. The highest BCUT2D eigenvalue weighted by atomic mass is 35.5. The van der Waals surface area contributed by atoms with Crippen molar-refractivity contribution < 1.29 is 4.52 Å². The van der Waals surface area contributed by atoms with E-state index < -0.39 is 0 Å². The number of halogens is 2. The molecule has 0 saturated carbocycles. The second-order valence-corrected chi connectivity index (χ2v) is 6.05. The molecule has 0 saturated heterocycles. The molecule has 108 valence electrons. The zero-order valence-electron chi connectivity index (χ0n) is 11.8. The van der Waals surface area contributed by atoms with Gasteiger partial charge in [-0.05, 0) is 36.6 Å². The second kappa shape index (κ2) is 6.61. The summed E-state index contributed by atoms with van der Waals surface area (Å²) in [6.07, 6.45) is 0. The van der Waals surface area contributed by atoms with E-state index in [2.05, 4.69) is 31.2 Å². The quantitative estimate of drug-likeness (QED) is 0.848. The Morgan fingerprint density at radius 1 is 1.10 bits per heavy atom. The third-order valence-electron chi connectivity index (χ3n) is 3.14. The van der Waals surface area contributed by atoms with E-state index in [1.807, 2.05) is 18.2 Å². The Bertz CT molecular complexity index is 561. The molecule has 0 fully saturated rings. The number of rotatable bonds is 5. The molecular formula is C15H18Cl2N2O. The summed E-state index contributed by atoms with van der Waals surface area (Å²) in [6.45, 7) is 6.85. The monoisotopic (exact) mass is 312 g/mol. The van der Waals surface area contributed by atoms with Gasteiger partial charge < -0.3 is 9.84 Å². The topological polar surface area (TPSA) is 38.1 Å². The molecule has 1 atom stereocenters. The molecule has 1 aromatic carbocycles. The summed E-state index contributed by atoms with van der Waals surface area (Å²) >= 11 is 12.0. The van der Waals surface area contributed by atoms with Gasteiger partial charge in [0.15, 0.2) is 5.76 Å². The zero-order valence-corrected chi connectivity index (χ0v) is 13.3.